The van der Waals surface area contributed by atoms with E-state index in [1.165, 1.54) is 17.3 Å². The van der Waals surface area contributed by atoms with Crippen LogP contribution in [0.3, 0.4) is 0 Å². The van der Waals surface area contributed by atoms with Gasteiger partial charge in [0.1, 0.15) is 6.58 Å². The SMILES string of the molecule is [2H][C@H](OC(=O)c1c(C(C)C)cc(C(C)C)cc1C(C)C)C(OC(=S)SC)c1ccccc1. The maximum atomic E-state index is 13.4. The van der Waals surface area contributed by atoms with Crippen LogP contribution in [0.15, 0.2) is 42.5 Å². The zero-order chi connectivity index (χ0) is 24.0. The Morgan fingerprint density at radius 1 is 0.968 bits per heavy atom. The van der Waals surface area contributed by atoms with Crippen molar-refractivity contribution in [2.75, 3.05) is 12.8 Å². The molecule has 0 amide bonds. The van der Waals surface area contributed by atoms with Gasteiger partial charge in [0.15, 0.2) is 6.10 Å². The Kier molecular flexibility index (Phi) is 8.97. The fourth-order valence-corrected chi connectivity index (χ4v) is 3.65. The topological polar surface area (TPSA) is 35.5 Å². The lowest BCUT2D eigenvalue weighted by Gasteiger charge is -2.23. The zero-order valence-corrected chi connectivity index (χ0v) is 21.1. The Labute approximate surface area is 198 Å². The smallest absolute Gasteiger partial charge is 0.338 e. The highest BCUT2D eigenvalue weighted by atomic mass is 32.2. The van der Waals surface area contributed by atoms with Crippen LogP contribution in [-0.4, -0.2) is 23.2 Å². The van der Waals surface area contributed by atoms with Gasteiger partial charge < -0.3 is 9.47 Å². The summed E-state index contributed by atoms with van der Waals surface area (Å²) in [6.07, 6.45) is 1.01. The summed E-state index contributed by atoms with van der Waals surface area (Å²) < 4.78 is 20.5. The molecule has 0 heterocycles. The Hall–Kier alpha value is -1.85. The van der Waals surface area contributed by atoms with Crippen molar-refractivity contribution in [2.45, 2.75) is 65.4 Å². The van der Waals surface area contributed by atoms with E-state index in [1.807, 2.05) is 36.6 Å². The van der Waals surface area contributed by atoms with Gasteiger partial charge in [0.05, 0.1) is 6.93 Å². The second-order valence-corrected chi connectivity index (χ2v) is 9.89. The van der Waals surface area contributed by atoms with Gasteiger partial charge in [0.2, 0.25) is 4.38 Å². The van der Waals surface area contributed by atoms with Crippen LogP contribution in [0.1, 0.15) is 99.4 Å². The Morgan fingerprint density at radius 2 is 1.52 bits per heavy atom. The van der Waals surface area contributed by atoms with Crippen LogP contribution in [0.5, 0.6) is 0 Å². The molecule has 2 atom stereocenters. The quantitative estimate of drug-likeness (QED) is 0.300. The van der Waals surface area contributed by atoms with Gasteiger partial charge >= 0.3 is 5.97 Å². The van der Waals surface area contributed by atoms with Crippen molar-refractivity contribution in [2.24, 2.45) is 0 Å². The maximum Gasteiger partial charge on any atom is 0.338 e. The number of thiocarbonyl (C=S) groups is 1. The summed E-state index contributed by atoms with van der Waals surface area (Å²) in [4.78, 5) is 13.4. The molecule has 2 aromatic carbocycles. The van der Waals surface area contributed by atoms with Gasteiger partial charge in [-0.3, -0.25) is 0 Å². The summed E-state index contributed by atoms with van der Waals surface area (Å²) in [7, 11) is 0. The lowest BCUT2D eigenvalue weighted by atomic mass is 9.84. The minimum atomic E-state index is -1.26. The van der Waals surface area contributed by atoms with E-state index in [1.54, 1.807) is 0 Å². The Bertz CT molecular complexity index is 897. The number of carbonyl (C=O) groups is 1. The number of hydrogen-bond donors (Lipinski definition) is 0. The first-order valence-corrected chi connectivity index (χ1v) is 12.3. The third kappa shape index (κ3) is 6.81. The number of esters is 1. The summed E-state index contributed by atoms with van der Waals surface area (Å²) in [5, 5.41) is 0. The first kappa shape index (κ1) is 23.8. The van der Waals surface area contributed by atoms with Crippen LogP contribution < -0.4 is 0 Å². The molecular weight excluding hydrogens is 424 g/mol. The third-order valence-corrected chi connectivity index (χ3v) is 6.18. The molecule has 31 heavy (non-hydrogen) atoms. The molecule has 3 nitrogen and oxygen atoms in total. The normalized spacial score (nSPS) is 13.8. The van der Waals surface area contributed by atoms with Crippen molar-refractivity contribution in [1.82, 2.24) is 0 Å². The molecule has 0 aliphatic carbocycles. The number of hydrogen-bond acceptors (Lipinski definition) is 5. The van der Waals surface area contributed by atoms with E-state index < -0.39 is 18.7 Å². The van der Waals surface area contributed by atoms with Crippen molar-refractivity contribution < 1.29 is 15.6 Å². The summed E-state index contributed by atoms with van der Waals surface area (Å²) in [5.41, 5.74) is 4.41. The van der Waals surface area contributed by atoms with Gasteiger partial charge in [-0.2, -0.15) is 0 Å². The molecule has 2 aromatic rings. The van der Waals surface area contributed by atoms with Crippen molar-refractivity contribution >= 4 is 34.3 Å². The standard InChI is InChI=1S/C26H34O3S2/c1-16(2)20-13-21(17(3)4)24(22(14-20)18(5)6)25(27)28-15-23(29-26(30)31-7)19-11-9-8-10-12-19/h8-14,16-18,23H,15H2,1-7H3/i15D/t15-,23?/m0/s1. The highest BCUT2D eigenvalue weighted by Crippen LogP contribution is 2.33. The lowest BCUT2D eigenvalue weighted by molar-refractivity contribution is 0.0297. The van der Waals surface area contributed by atoms with Crippen LogP contribution in [0.2, 0.25) is 0 Å². The van der Waals surface area contributed by atoms with E-state index in [4.69, 9.17) is 23.1 Å². The average Bonchev–Trinajstić information content (AvgIpc) is 2.76. The molecule has 1 unspecified atom stereocenters. The minimum Gasteiger partial charge on any atom is -0.467 e. The van der Waals surface area contributed by atoms with E-state index in [2.05, 4.69) is 53.7 Å². The van der Waals surface area contributed by atoms with Gasteiger partial charge in [0.25, 0.3) is 0 Å². The second-order valence-electron chi connectivity index (χ2n) is 8.48. The molecule has 5 heteroatoms. The van der Waals surface area contributed by atoms with E-state index in [9.17, 15) is 4.79 Å². The predicted molar refractivity (Wildman–Crippen MR) is 135 cm³/mol. The molecule has 0 aromatic heterocycles. The minimum absolute atomic E-state index is 0.142. The van der Waals surface area contributed by atoms with Crippen molar-refractivity contribution in [3.8, 4) is 0 Å². The van der Waals surface area contributed by atoms with E-state index >= 15 is 0 Å². The molecular formula is C26H34O3S2. The maximum absolute atomic E-state index is 13.4. The summed E-state index contributed by atoms with van der Waals surface area (Å²) in [6.45, 7) is 11.3. The molecule has 0 aliphatic rings. The molecule has 0 aliphatic heterocycles. The number of rotatable bonds is 8. The van der Waals surface area contributed by atoms with Crippen LogP contribution >= 0.6 is 24.0 Å². The van der Waals surface area contributed by atoms with Crippen LogP contribution in [-0.2, 0) is 9.47 Å². The third-order valence-electron chi connectivity index (χ3n) is 5.15. The molecule has 0 N–H and O–H groups in total. The first-order valence-electron chi connectivity index (χ1n) is 11.2. The summed E-state index contributed by atoms with van der Waals surface area (Å²) >= 11 is 6.51. The van der Waals surface area contributed by atoms with Crippen molar-refractivity contribution in [1.29, 1.82) is 0 Å². The van der Waals surface area contributed by atoms with Crippen LogP contribution in [0, 0.1) is 0 Å². The summed E-state index contributed by atoms with van der Waals surface area (Å²) in [5.74, 6) is 0.140. The molecule has 0 spiro atoms. The monoisotopic (exact) mass is 459 g/mol. The van der Waals surface area contributed by atoms with E-state index in [0.29, 0.717) is 15.9 Å². The lowest BCUT2D eigenvalue weighted by Crippen LogP contribution is -2.20. The molecule has 0 radical (unpaired) electrons. The van der Waals surface area contributed by atoms with E-state index in [0.717, 1.165) is 16.7 Å². The number of carbonyl (C=O) groups excluding carboxylic acids is 1. The number of thioether (sulfide) groups is 1. The fourth-order valence-electron chi connectivity index (χ4n) is 3.34. The Balaban J connectivity index is 2.46. The second kappa shape index (κ2) is 11.7. The molecule has 0 fully saturated rings. The van der Waals surface area contributed by atoms with Crippen LogP contribution in [0.25, 0.3) is 0 Å². The molecule has 168 valence electrons. The average molecular weight is 460 g/mol. The van der Waals surface area contributed by atoms with Crippen LogP contribution in [0.4, 0.5) is 0 Å². The van der Waals surface area contributed by atoms with Gasteiger partial charge in [-0.15, -0.1) is 0 Å². The fraction of sp³-hybridized carbons (Fsp3) is 0.462. The highest BCUT2D eigenvalue weighted by molar-refractivity contribution is 8.22. The van der Waals surface area contributed by atoms with Gasteiger partial charge in [-0.1, -0.05) is 95.8 Å². The van der Waals surface area contributed by atoms with E-state index in [-0.39, 0.29) is 11.8 Å². The largest absolute Gasteiger partial charge is 0.467 e. The van der Waals surface area contributed by atoms with Gasteiger partial charge in [-0.25, -0.2) is 4.79 Å². The molecule has 0 bridgehead atoms. The van der Waals surface area contributed by atoms with Crippen molar-refractivity contribution in [3.63, 3.8) is 0 Å². The first-order chi connectivity index (χ1) is 15.1. The van der Waals surface area contributed by atoms with Gasteiger partial charge in [0, 0.05) is 0 Å². The molecule has 2 rings (SSSR count). The van der Waals surface area contributed by atoms with Gasteiger partial charge in [-0.05, 0) is 58.5 Å². The Morgan fingerprint density at radius 3 is 1.97 bits per heavy atom. The zero-order valence-electron chi connectivity index (χ0n) is 20.5. The number of benzene rings is 2. The summed E-state index contributed by atoms with van der Waals surface area (Å²) in [6, 6.07) is 13.5. The molecule has 0 saturated heterocycles. The molecule has 0 saturated carbocycles. The highest BCUT2D eigenvalue weighted by Gasteiger charge is 2.25. The number of ether oxygens (including phenoxy) is 2. The predicted octanol–water partition coefficient (Wildman–Crippen LogP) is 7.62. The van der Waals surface area contributed by atoms with Crippen molar-refractivity contribution in [3.05, 3.63) is 70.3 Å².